The molecule has 2 atom stereocenters. The normalized spacial score (nSPS) is 12.6. The molecule has 84 heavy (non-hydrogen) atoms. The number of ether oxygens (including phenoxy) is 1. The molecule has 0 saturated carbocycles. The predicted molar refractivity (Wildman–Crippen MR) is 370 cm³/mol. The molecule has 0 rings (SSSR count). The lowest BCUT2D eigenvalue weighted by atomic mass is 10.0. The second kappa shape index (κ2) is 73.8. The van der Waals surface area contributed by atoms with Crippen molar-refractivity contribution in [3.8, 4) is 0 Å². The number of nitrogens with one attached hydrogen (secondary N) is 1. The van der Waals surface area contributed by atoms with Crippen LogP contribution < -0.4 is 5.32 Å². The lowest BCUT2D eigenvalue weighted by Crippen LogP contribution is -2.45. The largest absolute Gasteiger partial charge is 0.466 e. The van der Waals surface area contributed by atoms with Crippen molar-refractivity contribution in [3.05, 3.63) is 24.3 Å². The average molecular weight is 1180 g/mol. The van der Waals surface area contributed by atoms with Gasteiger partial charge in [-0.25, -0.2) is 0 Å². The minimum Gasteiger partial charge on any atom is -0.466 e. The number of carbonyl (C=O) groups is 2. The van der Waals surface area contributed by atoms with Crippen LogP contribution in [0.5, 0.6) is 0 Å². The van der Waals surface area contributed by atoms with Crippen LogP contribution >= 0.6 is 0 Å². The van der Waals surface area contributed by atoms with Crippen LogP contribution in [0.15, 0.2) is 24.3 Å². The Bertz CT molecular complexity index is 1320. The first kappa shape index (κ1) is 82.3. The van der Waals surface area contributed by atoms with Gasteiger partial charge in [-0.2, -0.15) is 0 Å². The van der Waals surface area contributed by atoms with E-state index < -0.39 is 12.1 Å². The fraction of sp³-hybridized carbons (Fsp3) is 0.923. The molecule has 0 aliphatic rings. The van der Waals surface area contributed by atoms with Crippen molar-refractivity contribution < 1.29 is 24.5 Å². The number of hydrogen-bond donors (Lipinski definition) is 3. The molecule has 0 heterocycles. The van der Waals surface area contributed by atoms with Gasteiger partial charge in [0.15, 0.2) is 0 Å². The minimum absolute atomic E-state index is 0.0137. The molecule has 0 aromatic carbocycles. The van der Waals surface area contributed by atoms with Gasteiger partial charge in [-0.3, -0.25) is 9.59 Å². The third-order valence-corrected chi connectivity index (χ3v) is 18.2. The zero-order valence-corrected chi connectivity index (χ0v) is 57.2. The number of carbonyl (C=O) groups excluding carboxylic acids is 2. The van der Waals surface area contributed by atoms with Gasteiger partial charge >= 0.3 is 5.97 Å². The maximum absolute atomic E-state index is 12.5. The minimum atomic E-state index is -0.661. The molecule has 0 saturated heterocycles. The first-order valence-electron chi connectivity index (χ1n) is 38.6. The van der Waals surface area contributed by atoms with E-state index in [2.05, 4.69) is 43.5 Å². The second-order valence-corrected chi connectivity index (χ2v) is 26.7. The molecular weight excluding hydrogens is 1030 g/mol. The summed E-state index contributed by atoms with van der Waals surface area (Å²) in [4.78, 5) is 24.6. The van der Waals surface area contributed by atoms with Gasteiger partial charge in [-0.1, -0.05) is 372 Å². The molecule has 1 amide bonds. The molecule has 0 aromatic heterocycles. The van der Waals surface area contributed by atoms with E-state index in [0.717, 1.165) is 44.9 Å². The molecule has 0 fully saturated rings. The van der Waals surface area contributed by atoms with Crippen LogP contribution in [0.25, 0.3) is 0 Å². The van der Waals surface area contributed by atoms with Crippen LogP contribution in [0.3, 0.4) is 0 Å². The van der Waals surface area contributed by atoms with Gasteiger partial charge < -0.3 is 20.3 Å². The summed E-state index contributed by atoms with van der Waals surface area (Å²) >= 11 is 0. The zero-order chi connectivity index (χ0) is 60.6. The molecule has 6 heteroatoms. The molecule has 0 aliphatic carbocycles. The van der Waals surface area contributed by atoms with Crippen molar-refractivity contribution >= 4 is 11.9 Å². The number of hydrogen-bond acceptors (Lipinski definition) is 5. The quantitative estimate of drug-likeness (QED) is 0.0320. The fourth-order valence-corrected chi connectivity index (χ4v) is 12.3. The molecule has 0 aliphatic heterocycles. The molecule has 0 radical (unpaired) electrons. The Morgan fingerprint density at radius 1 is 0.321 bits per heavy atom. The highest BCUT2D eigenvalue weighted by atomic mass is 16.5. The number of esters is 1. The summed E-state index contributed by atoms with van der Waals surface area (Å²) in [5.74, 6) is -0.0140. The summed E-state index contributed by atoms with van der Waals surface area (Å²) in [6, 6.07) is -0.538. The number of amides is 1. The van der Waals surface area contributed by atoms with Crippen LogP contribution in [0, 0.1) is 0 Å². The molecular formula is C78H151NO5. The maximum atomic E-state index is 12.5. The van der Waals surface area contributed by atoms with E-state index >= 15 is 0 Å². The Hall–Kier alpha value is -1.66. The summed E-state index contributed by atoms with van der Waals surface area (Å²) in [5, 5.41) is 23.4. The van der Waals surface area contributed by atoms with Gasteiger partial charge in [-0.05, 0) is 77.0 Å². The number of allylic oxidation sites excluding steroid dienone is 4. The van der Waals surface area contributed by atoms with Gasteiger partial charge in [0.25, 0.3) is 0 Å². The summed E-state index contributed by atoms with van der Waals surface area (Å²) in [5.41, 5.74) is 0. The van der Waals surface area contributed by atoms with E-state index in [1.165, 1.54) is 360 Å². The standard InChI is InChI=1S/C78H151NO5/c1-3-5-7-9-11-13-15-17-19-42-46-50-54-58-62-66-70-76(81)75(74-80)79-77(82)71-67-63-59-55-51-47-43-40-38-36-34-32-30-28-26-24-22-21-23-25-27-29-31-33-35-37-39-41-45-49-53-57-61-65-69-73-84-78(83)72-68-64-60-56-52-48-44-20-18-16-14-12-10-8-6-4-2/h20,23,25,44,75-76,80-81H,3-19,21-22,24,26-43,45-74H2,1-2H3,(H,79,82)/b25-23-,44-20-. The molecule has 2 unspecified atom stereocenters. The van der Waals surface area contributed by atoms with Gasteiger partial charge in [0.05, 0.1) is 25.4 Å². The van der Waals surface area contributed by atoms with Crippen molar-refractivity contribution in [1.29, 1.82) is 0 Å². The summed E-state index contributed by atoms with van der Waals surface area (Å²) in [6.45, 7) is 4.99. The van der Waals surface area contributed by atoms with Gasteiger partial charge in [-0.15, -0.1) is 0 Å². The van der Waals surface area contributed by atoms with E-state index in [0.29, 0.717) is 25.9 Å². The molecule has 6 nitrogen and oxygen atoms in total. The average Bonchev–Trinajstić information content (AvgIpc) is 3.51. The highest BCUT2D eigenvalue weighted by Crippen LogP contribution is 2.20. The Balaban J connectivity index is 3.33. The van der Waals surface area contributed by atoms with Crippen LogP contribution in [0.2, 0.25) is 0 Å². The first-order valence-corrected chi connectivity index (χ1v) is 38.6. The Morgan fingerprint density at radius 3 is 0.845 bits per heavy atom. The second-order valence-electron chi connectivity index (χ2n) is 26.7. The van der Waals surface area contributed by atoms with Gasteiger partial charge in [0.1, 0.15) is 0 Å². The van der Waals surface area contributed by atoms with Crippen LogP contribution in [0.1, 0.15) is 438 Å². The Labute approximate surface area is 526 Å². The molecule has 0 bridgehead atoms. The molecule has 0 aromatic rings. The monoisotopic (exact) mass is 1180 g/mol. The highest BCUT2D eigenvalue weighted by molar-refractivity contribution is 5.76. The molecule has 0 spiro atoms. The van der Waals surface area contributed by atoms with Gasteiger partial charge in [0, 0.05) is 12.8 Å². The Morgan fingerprint density at radius 2 is 0.560 bits per heavy atom. The SMILES string of the molecule is CCCCCCCCC/C=C\CCCCCCCC(=O)OCCCCCCCCCCCCCCCC/C=C\CCCCCCCCCCCCCCCCCCCC(=O)NC(CO)C(O)CCCCCCCCCCCCCCCCCC. The van der Waals surface area contributed by atoms with Crippen molar-refractivity contribution in [3.63, 3.8) is 0 Å². The van der Waals surface area contributed by atoms with Crippen LogP contribution in [-0.2, 0) is 14.3 Å². The van der Waals surface area contributed by atoms with Crippen molar-refractivity contribution in [1.82, 2.24) is 5.32 Å². The summed E-state index contributed by atoms with van der Waals surface area (Å²) < 4.78 is 5.50. The fourth-order valence-electron chi connectivity index (χ4n) is 12.3. The smallest absolute Gasteiger partial charge is 0.305 e. The first-order chi connectivity index (χ1) is 41.5. The molecule has 498 valence electrons. The van der Waals surface area contributed by atoms with E-state index in [9.17, 15) is 19.8 Å². The zero-order valence-electron chi connectivity index (χ0n) is 57.2. The van der Waals surface area contributed by atoms with Crippen molar-refractivity contribution in [2.24, 2.45) is 0 Å². The third-order valence-electron chi connectivity index (χ3n) is 18.2. The number of unbranched alkanes of at least 4 members (excludes halogenated alkanes) is 58. The predicted octanol–water partition coefficient (Wildman–Crippen LogP) is 25.3. The van der Waals surface area contributed by atoms with E-state index in [1.54, 1.807) is 0 Å². The number of rotatable bonds is 73. The van der Waals surface area contributed by atoms with Crippen LogP contribution in [-0.4, -0.2) is 47.4 Å². The van der Waals surface area contributed by atoms with Crippen molar-refractivity contribution in [2.45, 2.75) is 450 Å². The number of aliphatic hydroxyl groups is 2. The number of aliphatic hydroxyl groups excluding tert-OH is 2. The van der Waals surface area contributed by atoms with Crippen molar-refractivity contribution in [2.75, 3.05) is 13.2 Å². The third kappa shape index (κ3) is 69.4. The lowest BCUT2D eigenvalue weighted by Gasteiger charge is -2.22. The van der Waals surface area contributed by atoms with E-state index in [-0.39, 0.29) is 18.5 Å². The summed E-state index contributed by atoms with van der Waals surface area (Å²) in [7, 11) is 0. The highest BCUT2D eigenvalue weighted by Gasteiger charge is 2.20. The lowest BCUT2D eigenvalue weighted by molar-refractivity contribution is -0.143. The molecule has 3 N–H and O–H groups in total. The van der Waals surface area contributed by atoms with Gasteiger partial charge in [0.2, 0.25) is 5.91 Å². The van der Waals surface area contributed by atoms with E-state index in [4.69, 9.17) is 4.74 Å². The topological polar surface area (TPSA) is 95.9 Å². The van der Waals surface area contributed by atoms with Crippen LogP contribution in [0.4, 0.5) is 0 Å². The Kier molecular flexibility index (Phi) is 72.3. The maximum Gasteiger partial charge on any atom is 0.305 e. The van der Waals surface area contributed by atoms with E-state index in [1.807, 2.05) is 0 Å². The summed E-state index contributed by atoms with van der Waals surface area (Å²) in [6.07, 6.45) is 94.1.